The van der Waals surface area contributed by atoms with E-state index in [0.29, 0.717) is 6.54 Å². The number of unbranched alkanes of at least 4 members (excludes halogenated alkanes) is 15. The first-order valence-electron chi connectivity index (χ1n) is 12.0. The smallest absolute Gasteiger partial charge is 0.360 e. The van der Waals surface area contributed by atoms with Gasteiger partial charge in [0, 0.05) is 6.54 Å². The standard InChI is InChI=1S/C25H43NO3/c1-2-3-4-5-6-7-8-9-10-11-12-13-14-15-16-19-22-26-29-25(28)23-20-17-18-21-24(23)27/h17-18,20-21,26-27H,2-16,19,22H2,1H3. The summed E-state index contributed by atoms with van der Waals surface area (Å²) in [4.78, 5) is 16.8. The SMILES string of the molecule is CCCCCCCCCCCCCCCCCCNOC(=O)c1ccccc1O. The second-order valence-corrected chi connectivity index (χ2v) is 8.10. The lowest BCUT2D eigenvalue weighted by atomic mass is 10.0. The molecule has 4 heteroatoms. The number of hydroxylamine groups is 1. The van der Waals surface area contributed by atoms with Crippen molar-refractivity contribution >= 4 is 5.97 Å². The Morgan fingerprint density at radius 2 is 1.21 bits per heavy atom. The molecule has 0 aromatic heterocycles. The monoisotopic (exact) mass is 405 g/mol. The molecule has 0 radical (unpaired) electrons. The van der Waals surface area contributed by atoms with E-state index in [1.807, 2.05) is 0 Å². The van der Waals surface area contributed by atoms with Gasteiger partial charge < -0.3 is 9.94 Å². The molecule has 0 bridgehead atoms. The second kappa shape index (κ2) is 18.5. The molecule has 0 spiro atoms. The molecule has 0 fully saturated rings. The highest BCUT2D eigenvalue weighted by Gasteiger charge is 2.11. The molecule has 1 aromatic carbocycles. The summed E-state index contributed by atoms with van der Waals surface area (Å²) < 4.78 is 0. The number of phenols is 1. The predicted octanol–water partition coefficient (Wildman–Crippen LogP) is 7.32. The number of carbonyl (C=O) groups excluding carboxylic acids is 1. The molecule has 0 unspecified atom stereocenters. The molecule has 0 atom stereocenters. The summed E-state index contributed by atoms with van der Waals surface area (Å²) in [6.07, 6.45) is 21.5. The van der Waals surface area contributed by atoms with Crippen LogP contribution in [0.2, 0.25) is 0 Å². The zero-order valence-electron chi connectivity index (χ0n) is 18.6. The molecular formula is C25H43NO3. The van der Waals surface area contributed by atoms with Crippen molar-refractivity contribution in [3.63, 3.8) is 0 Å². The van der Waals surface area contributed by atoms with Gasteiger partial charge in [0.05, 0.1) is 0 Å². The van der Waals surface area contributed by atoms with Gasteiger partial charge >= 0.3 is 5.97 Å². The molecule has 1 rings (SSSR count). The van der Waals surface area contributed by atoms with Crippen LogP contribution in [0.1, 0.15) is 120 Å². The van der Waals surface area contributed by atoms with E-state index in [9.17, 15) is 9.90 Å². The molecule has 166 valence electrons. The third-order valence-corrected chi connectivity index (χ3v) is 5.42. The van der Waals surface area contributed by atoms with Crippen molar-refractivity contribution in [1.29, 1.82) is 0 Å². The molecule has 4 nitrogen and oxygen atoms in total. The van der Waals surface area contributed by atoms with E-state index >= 15 is 0 Å². The van der Waals surface area contributed by atoms with Gasteiger partial charge in [-0.25, -0.2) is 4.79 Å². The molecule has 1 aromatic rings. The topological polar surface area (TPSA) is 58.6 Å². The molecule has 0 aliphatic heterocycles. The Balaban J connectivity index is 1.78. The Morgan fingerprint density at radius 1 is 0.759 bits per heavy atom. The average molecular weight is 406 g/mol. The van der Waals surface area contributed by atoms with Gasteiger partial charge in [-0.3, -0.25) is 0 Å². The molecule has 2 N–H and O–H groups in total. The number of hydrogen-bond donors (Lipinski definition) is 2. The molecule has 0 heterocycles. The summed E-state index contributed by atoms with van der Waals surface area (Å²) in [7, 11) is 0. The van der Waals surface area contributed by atoms with Crippen molar-refractivity contribution in [2.24, 2.45) is 0 Å². The van der Waals surface area contributed by atoms with E-state index in [0.717, 1.165) is 12.8 Å². The highest BCUT2D eigenvalue weighted by atomic mass is 16.7. The van der Waals surface area contributed by atoms with Crippen LogP contribution in [0.3, 0.4) is 0 Å². The Bertz CT molecular complexity index is 519. The Kier molecular flexibility index (Phi) is 16.2. The summed E-state index contributed by atoms with van der Waals surface area (Å²) >= 11 is 0. The van der Waals surface area contributed by atoms with Gasteiger partial charge in [-0.2, -0.15) is 5.48 Å². The van der Waals surface area contributed by atoms with Crippen molar-refractivity contribution in [3.05, 3.63) is 29.8 Å². The lowest BCUT2D eigenvalue weighted by molar-refractivity contribution is 0.0248. The number of carbonyl (C=O) groups is 1. The first kappa shape index (κ1) is 25.5. The van der Waals surface area contributed by atoms with Crippen LogP contribution in [-0.4, -0.2) is 17.6 Å². The summed E-state index contributed by atoms with van der Waals surface area (Å²) in [5.41, 5.74) is 2.89. The predicted molar refractivity (Wildman–Crippen MR) is 121 cm³/mol. The fourth-order valence-corrected chi connectivity index (χ4v) is 3.56. The number of benzene rings is 1. The van der Waals surface area contributed by atoms with Crippen LogP contribution in [0.15, 0.2) is 24.3 Å². The normalized spacial score (nSPS) is 10.9. The Morgan fingerprint density at radius 3 is 1.69 bits per heavy atom. The van der Waals surface area contributed by atoms with E-state index < -0.39 is 5.97 Å². The first-order valence-corrected chi connectivity index (χ1v) is 12.0. The average Bonchev–Trinajstić information content (AvgIpc) is 2.73. The van der Waals surface area contributed by atoms with Crippen molar-refractivity contribution in [2.45, 2.75) is 110 Å². The summed E-state index contributed by atoms with van der Waals surface area (Å²) in [5, 5.41) is 9.60. The molecule has 0 aliphatic carbocycles. The fraction of sp³-hybridized carbons (Fsp3) is 0.720. The molecule has 0 saturated heterocycles. The van der Waals surface area contributed by atoms with Gasteiger partial charge in [0.25, 0.3) is 0 Å². The number of phenolic OH excluding ortho intramolecular Hbond substituents is 1. The van der Waals surface area contributed by atoms with E-state index in [-0.39, 0.29) is 11.3 Å². The lowest BCUT2D eigenvalue weighted by Gasteiger charge is -2.07. The van der Waals surface area contributed by atoms with Crippen molar-refractivity contribution < 1.29 is 14.7 Å². The molecule has 29 heavy (non-hydrogen) atoms. The van der Waals surface area contributed by atoms with Crippen molar-refractivity contribution in [1.82, 2.24) is 5.48 Å². The van der Waals surface area contributed by atoms with Gasteiger partial charge in [0.2, 0.25) is 0 Å². The van der Waals surface area contributed by atoms with Gasteiger partial charge in [-0.15, -0.1) is 0 Å². The van der Waals surface area contributed by atoms with Crippen LogP contribution in [0.4, 0.5) is 0 Å². The summed E-state index contributed by atoms with van der Waals surface area (Å²) in [5.74, 6) is -0.596. The highest BCUT2D eigenvalue weighted by Crippen LogP contribution is 2.16. The van der Waals surface area contributed by atoms with Crippen LogP contribution >= 0.6 is 0 Å². The minimum Gasteiger partial charge on any atom is -0.507 e. The first-order chi connectivity index (χ1) is 14.3. The Hall–Kier alpha value is -1.55. The third kappa shape index (κ3) is 14.1. The van der Waals surface area contributed by atoms with Crippen LogP contribution in [0.5, 0.6) is 5.75 Å². The largest absolute Gasteiger partial charge is 0.507 e. The van der Waals surface area contributed by atoms with Crippen molar-refractivity contribution in [3.8, 4) is 5.75 Å². The van der Waals surface area contributed by atoms with Crippen LogP contribution in [0, 0.1) is 0 Å². The van der Waals surface area contributed by atoms with Gasteiger partial charge in [0.15, 0.2) is 0 Å². The van der Waals surface area contributed by atoms with Gasteiger partial charge in [-0.1, -0.05) is 115 Å². The quantitative estimate of drug-likeness (QED) is 0.187. The lowest BCUT2D eigenvalue weighted by Crippen LogP contribution is -2.21. The number of para-hydroxylation sites is 1. The van der Waals surface area contributed by atoms with Crippen LogP contribution < -0.4 is 5.48 Å². The summed E-state index contributed by atoms with van der Waals surface area (Å²) in [6, 6.07) is 6.40. The zero-order chi connectivity index (χ0) is 21.0. The van der Waals surface area contributed by atoms with E-state index in [1.54, 1.807) is 18.2 Å². The molecule has 0 saturated carbocycles. The second-order valence-electron chi connectivity index (χ2n) is 8.10. The number of nitrogens with one attached hydrogen (secondary N) is 1. The maximum Gasteiger partial charge on any atom is 0.360 e. The maximum atomic E-state index is 11.8. The van der Waals surface area contributed by atoms with Crippen LogP contribution in [0.25, 0.3) is 0 Å². The minimum atomic E-state index is -0.542. The third-order valence-electron chi connectivity index (χ3n) is 5.42. The number of hydrogen-bond acceptors (Lipinski definition) is 4. The van der Waals surface area contributed by atoms with E-state index in [2.05, 4.69) is 12.4 Å². The van der Waals surface area contributed by atoms with Crippen LogP contribution in [-0.2, 0) is 4.84 Å². The molecule has 0 amide bonds. The zero-order valence-corrected chi connectivity index (χ0v) is 18.6. The molecule has 0 aliphatic rings. The maximum absolute atomic E-state index is 11.8. The summed E-state index contributed by atoms with van der Waals surface area (Å²) in [6.45, 7) is 2.93. The van der Waals surface area contributed by atoms with E-state index in [1.165, 1.54) is 96.0 Å². The highest BCUT2D eigenvalue weighted by molar-refractivity contribution is 5.92. The van der Waals surface area contributed by atoms with Crippen molar-refractivity contribution in [2.75, 3.05) is 6.54 Å². The molecular weight excluding hydrogens is 362 g/mol. The van der Waals surface area contributed by atoms with Gasteiger partial charge in [-0.05, 0) is 18.6 Å². The number of rotatable bonds is 19. The van der Waals surface area contributed by atoms with E-state index in [4.69, 9.17) is 4.84 Å². The van der Waals surface area contributed by atoms with Gasteiger partial charge in [0.1, 0.15) is 11.3 Å². The number of aromatic hydroxyl groups is 1. The Labute approximate surface area is 178 Å². The fourth-order valence-electron chi connectivity index (χ4n) is 3.56. The minimum absolute atomic E-state index is 0.0540.